The molecule has 1 aliphatic heterocycles. The second kappa shape index (κ2) is 12.6. The first-order valence-corrected chi connectivity index (χ1v) is 13.1. The Morgan fingerprint density at radius 1 is 1.05 bits per heavy atom. The number of ether oxygens (including phenoxy) is 2. The van der Waals surface area contributed by atoms with Crippen LogP contribution in [0.25, 0.3) is 6.08 Å². The van der Waals surface area contributed by atoms with E-state index in [2.05, 4.69) is 45.7 Å². The fraction of sp³-hybridized carbons (Fsp3) is 0.241. The Morgan fingerprint density at radius 3 is 2.43 bits per heavy atom. The molecule has 3 aromatic rings. The van der Waals surface area contributed by atoms with E-state index in [0.29, 0.717) is 55.4 Å². The summed E-state index contributed by atoms with van der Waals surface area (Å²) in [6, 6.07) is 22.2. The summed E-state index contributed by atoms with van der Waals surface area (Å²) < 4.78 is 26.5. The topological polar surface area (TPSA) is 65.8 Å². The van der Waals surface area contributed by atoms with Gasteiger partial charge in [0.15, 0.2) is 11.5 Å². The number of anilines is 1. The highest BCUT2D eigenvalue weighted by Gasteiger charge is 2.24. The van der Waals surface area contributed by atoms with Gasteiger partial charge in [-0.25, -0.2) is 4.39 Å². The van der Waals surface area contributed by atoms with Crippen LogP contribution in [0.1, 0.15) is 18.1 Å². The summed E-state index contributed by atoms with van der Waals surface area (Å²) in [6.07, 6.45) is 1.58. The fourth-order valence-electron chi connectivity index (χ4n) is 4.13. The molecule has 4 rings (SSSR count). The van der Waals surface area contributed by atoms with Gasteiger partial charge >= 0.3 is 0 Å². The van der Waals surface area contributed by atoms with Crippen LogP contribution >= 0.6 is 22.6 Å². The standard InChI is InChI=1S/C29H27FIN3O3/c1-2-36-27-18-21(17-26(31)28(27)37-20-22-8-6-7-11-25(22)30)16-23(19-32)29(35)34-14-12-33(13-15-34)24-9-4-3-5-10-24/h3-11,16-18H,2,12-15,20H2,1H3/b23-16-. The molecule has 0 atom stereocenters. The van der Waals surface area contributed by atoms with E-state index >= 15 is 0 Å². The number of para-hydroxylation sites is 1. The summed E-state index contributed by atoms with van der Waals surface area (Å²) in [6.45, 7) is 4.79. The zero-order chi connectivity index (χ0) is 26.2. The predicted molar refractivity (Wildman–Crippen MR) is 150 cm³/mol. The minimum Gasteiger partial charge on any atom is -0.490 e. The van der Waals surface area contributed by atoms with Crippen LogP contribution in [-0.4, -0.2) is 43.6 Å². The van der Waals surface area contributed by atoms with Crippen molar-refractivity contribution in [2.45, 2.75) is 13.5 Å². The van der Waals surface area contributed by atoms with Crippen LogP contribution in [0.3, 0.4) is 0 Å². The smallest absolute Gasteiger partial charge is 0.264 e. The predicted octanol–water partition coefficient (Wildman–Crippen LogP) is 5.66. The van der Waals surface area contributed by atoms with E-state index in [9.17, 15) is 14.4 Å². The third kappa shape index (κ3) is 6.60. The lowest BCUT2D eigenvalue weighted by atomic mass is 10.1. The molecule has 1 heterocycles. The molecule has 0 aliphatic carbocycles. The molecule has 1 aliphatic rings. The first kappa shape index (κ1) is 26.5. The maximum Gasteiger partial charge on any atom is 0.264 e. The molecule has 0 aromatic heterocycles. The summed E-state index contributed by atoms with van der Waals surface area (Å²) in [5, 5.41) is 9.78. The highest BCUT2D eigenvalue weighted by Crippen LogP contribution is 2.36. The quantitative estimate of drug-likeness (QED) is 0.187. The van der Waals surface area contributed by atoms with E-state index in [0.717, 1.165) is 9.26 Å². The first-order chi connectivity index (χ1) is 18.0. The molecule has 1 fully saturated rings. The molecule has 1 saturated heterocycles. The minimum atomic E-state index is -0.336. The fourth-order valence-corrected chi connectivity index (χ4v) is 4.91. The number of hydrogen-bond acceptors (Lipinski definition) is 5. The maximum absolute atomic E-state index is 14.0. The maximum atomic E-state index is 14.0. The summed E-state index contributed by atoms with van der Waals surface area (Å²) >= 11 is 2.12. The van der Waals surface area contributed by atoms with E-state index in [1.165, 1.54) is 6.07 Å². The van der Waals surface area contributed by atoms with Crippen molar-refractivity contribution >= 4 is 40.3 Å². The van der Waals surface area contributed by atoms with Gasteiger partial charge in [-0.3, -0.25) is 4.79 Å². The van der Waals surface area contributed by atoms with Crippen LogP contribution in [0.2, 0.25) is 0 Å². The van der Waals surface area contributed by atoms with Gasteiger partial charge in [-0.1, -0.05) is 36.4 Å². The molecular weight excluding hydrogens is 584 g/mol. The van der Waals surface area contributed by atoms with Gasteiger partial charge in [-0.05, 0) is 71.5 Å². The van der Waals surface area contributed by atoms with Crippen molar-refractivity contribution in [3.05, 3.63) is 92.8 Å². The first-order valence-electron chi connectivity index (χ1n) is 12.0. The Bertz CT molecular complexity index is 1320. The van der Waals surface area contributed by atoms with Crippen molar-refractivity contribution < 1.29 is 18.7 Å². The number of rotatable bonds is 8. The van der Waals surface area contributed by atoms with Crippen molar-refractivity contribution in [1.82, 2.24) is 4.90 Å². The Morgan fingerprint density at radius 2 is 1.76 bits per heavy atom. The van der Waals surface area contributed by atoms with Crippen molar-refractivity contribution in [3.63, 3.8) is 0 Å². The third-order valence-corrected chi connectivity index (χ3v) is 6.81. The molecule has 190 valence electrons. The largest absolute Gasteiger partial charge is 0.490 e. The summed E-state index contributed by atoms with van der Waals surface area (Å²) in [5.41, 5.74) is 2.28. The molecule has 6 nitrogen and oxygen atoms in total. The molecule has 1 amide bonds. The molecule has 0 spiro atoms. The molecule has 0 unspecified atom stereocenters. The Hall–Kier alpha value is -3.58. The number of amides is 1. The van der Waals surface area contributed by atoms with Crippen molar-refractivity contribution in [2.24, 2.45) is 0 Å². The number of hydrogen-bond donors (Lipinski definition) is 0. The zero-order valence-electron chi connectivity index (χ0n) is 20.5. The lowest BCUT2D eigenvalue weighted by molar-refractivity contribution is -0.126. The van der Waals surface area contributed by atoms with Crippen LogP contribution in [0, 0.1) is 20.7 Å². The van der Waals surface area contributed by atoms with Crippen molar-refractivity contribution in [2.75, 3.05) is 37.7 Å². The number of nitrogens with zero attached hydrogens (tertiary/aromatic N) is 3. The van der Waals surface area contributed by atoms with Crippen molar-refractivity contribution in [1.29, 1.82) is 5.26 Å². The molecule has 0 saturated carbocycles. The van der Waals surface area contributed by atoms with E-state index in [1.54, 1.807) is 35.2 Å². The molecular formula is C29H27FIN3O3. The number of carbonyl (C=O) groups is 1. The van der Waals surface area contributed by atoms with Gasteiger partial charge in [0.1, 0.15) is 24.1 Å². The highest BCUT2D eigenvalue weighted by atomic mass is 127. The number of piperazine rings is 1. The molecule has 0 bridgehead atoms. The van der Waals surface area contributed by atoms with E-state index in [1.807, 2.05) is 31.2 Å². The lowest BCUT2D eigenvalue weighted by Crippen LogP contribution is -2.49. The van der Waals surface area contributed by atoms with Crippen molar-refractivity contribution in [3.8, 4) is 17.6 Å². The summed E-state index contributed by atoms with van der Waals surface area (Å²) in [7, 11) is 0. The minimum absolute atomic E-state index is 0.0504. The van der Waals surface area contributed by atoms with E-state index in [4.69, 9.17) is 9.47 Å². The Labute approximate surface area is 230 Å². The number of carbonyl (C=O) groups excluding carboxylic acids is 1. The van der Waals surface area contributed by atoms with Crippen LogP contribution in [0.4, 0.5) is 10.1 Å². The van der Waals surface area contributed by atoms with Gasteiger partial charge in [-0.2, -0.15) is 5.26 Å². The SMILES string of the molecule is CCOc1cc(/C=C(/C#N)C(=O)N2CCN(c3ccccc3)CC2)cc(I)c1OCc1ccccc1F. The monoisotopic (exact) mass is 611 g/mol. The van der Waals surface area contributed by atoms with Gasteiger partial charge < -0.3 is 19.3 Å². The average molecular weight is 611 g/mol. The molecule has 8 heteroatoms. The van der Waals surface area contributed by atoms with Gasteiger partial charge in [0.2, 0.25) is 0 Å². The average Bonchev–Trinajstić information content (AvgIpc) is 2.92. The van der Waals surface area contributed by atoms with Crippen LogP contribution in [-0.2, 0) is 11.4 Å². The second-order valence-electron chi connectivity index (χ2n) is 8.43. The number of nitriles is 1. The van der Waals surface area contributed by atoms with Crippen LogP contribution in [0.5, 0.6) is 11.5 Å². The second-order valence-corrected chi connectivity index (χ2v) is 9.59. The number of benzene rings is 3. The van der Waals surface area contributed by atoms with Gasteiger partial charge in [-0.15, -0.1) is 0 Å². The molecule has 0 N–H and O–H groups in total. The van der Waals surface area contributed by atoms with E-state index in [-0.39, 0.29) is 23.9 Å². The van der Waals surface area contributed by atoms with E-state index < -0.39 is 0 Å². The van der Waals surface area contributed by atoms with Crippen LogP contribution in [0.15, 0.2) is 72.3 Å². The highest BCUT2D eigenvalue weighted by molar-refractivity contribution is 14.1. The summed E-state index contributed by atoms with van der Waals surface area (Å²) in [5.74, 6) is 0.336. The zero-order valence-corrected chi connectivity index (χ0v) is 22.7. The van der Waals surface area contributed by atoms with Gasteiger partial charge in [0.05, 0.1) is 10.2 Å². The Balaban J connectivity index is 1.49. The Kier molecular flexibility index (Phi) is 9.01. The third-order valence-electron chi connectivity index (χ3n) is 6.01. The number of halogens is 2. The van der Waals surface area contributed by atoms with Gasteiger partial charge in [0, 0.05) is 37.4 Å². The van der Waals surface area contributed by atoms with Gasteiger partial charge in [0.25, 0.3) is 5.91 Å². The molecule has 37 heavy (non-hydrogen) atoms. The normalized spacial score (nSPS) is 13.7. The molecule has 0 radical (unpaired) electrons. The lowest BCUT2D eigenvalue weighted by Gasteiger charge is -2.36. The summed E-state index contributed by atoms with van der Waals surface area (Å²) in [4.78, 5) is 17.1. The molecule has 3 aromatic carbocycles. The van der Waals surface area contributed by atoms with Crippen LogP contribution < -0.4 is 14.4 Å².